The Bertz CT molecular complexity index is 502. The van der Waals surface area contributed by atoms with Crippen LogP contribution in [0.3, 0.4) is 0 Å². The fourth-order valence-corrected chi connectivity index (χ4v) is 2.30. The van der Waals surface area contributed by atoms with Crippen LogP contribution in [0.2, 0.25) is 0 Å². The molecule has 1 aromatic carbocycles. The van der Waals surface area contributed by atoms with Crippen LogP contribution in [0.25, 0.3) is 0 Å². The van der Waals surface area contributed by atoms with Crippen LogP contribution in [0, 0.1) is 0 Å². The Hall–Kier alpha value is -1.66. The van der Waals surface area contributed by atoms with E-state index in [9.17, 15) is 0 Å². The molecule has 18 heavy (non-hydrogen) atoms. The van der Waals surface area contributed by atoms with Crippen molar-refractivity contribution < 1.29 is 9.47 Å². The third-order valence-corrected chi connectivity index (χ3v) is 3.24. The van der Waals surface area contributed by atoms with E-state index in [0.717, 1.165) is 22.8 Å². The van der Waals surface area contributed by atoms with Crippen LogP contribution in [-0.4, -0.2) is 30.9 Å². The van der Waals surface area contributed by atoms with Crippen molar-refractivity contribution in [3.63, 3.8) is 0 Å². The molecule has 0 saturated heterocycles. The lowest BCUT2D eigenvalue weighted by atomic mass is 10.0. The Balaban J connectivity index is 2.42. The van der Waals surface area contributed by atoms with Gasteiger partial charge in [0.2, 0.25) is 0 Å². The molecular formula is C12H15N3O2S. The van der Waals surface area contributed by atoms with Crippen LogP contribution in [0.4, 0.5) is 0 Å². The molecule has 6 heteroatoms. The third-order valence-electron chi connectivity index (χ3n) is 2.71. The molecule has 1 atom stereocenters. The summed E-state index contributed by atoms with van der Waals surface area (Å²) in [6.07, 6.45) is 0. The van der Waals surface area contributed by atoms with Crippen LogP contribution in [0.15, 0.2) is 23.6 Å². The summed E-state index contributed by atoms with van der Waals surface area (Å²) < 4.78 is 14.5. The van der Waals surface area contributed by atoms with Gasteiger partial charge in [-0.2, -0.15) is 0 Å². The quantitative estimate of drug-likeness (QED) is 0.894. The molecule has 1 N–H and O–H groups in total. The molecule has 0 bridgehead atoms. The topological polar surface area (TPSA) is 56.3 Å². The molecule has 0 aliphatic heterocycles. The van der Waals surface area contributed by atoms with Crippen molar-refractivity contribution >= 4 is 11.5 Å². The normalized spacial score (nSPS) is 12.2. The van der Waals surface area contributed by atoms with Crippen LogP contribution >= 0.6 is 11.5 Å². The lowest BCUT2D eigenvalue weighted by Crippen LogP contribution is -2.18. The number of nitrogens with one attached hydrogen (secondary N) is 1. The van der Waals surface area contributed by atoms with Crippen LogP contribution in [0.1, 0.15) is 17.3 Å². The summed E-state index contributed by atoms with van der Waals surface area (Å²) in [5.74, 6) is 1.53. The highest BCUT2D eigenvalue weighted by molar-refractivity contribution is 7.03. The first-order valence-corrected chi connectivity index (χ1v) is 6.30. The highest BCUT2D eigenvalue weighted by atomic mass is 32.1. The SMILES string of the molecule is CNC(c1csnn1)c1ccc(OC)cc1OC. The average molecular weight is 265 g/mol. The molecule has 5 nitrogen and oxygen atoms in total. The van der Waals surface area contributed by atoms with Gasteiger partial charge in [0.05, 0.1) is 26.0 Å². The lowest BCUT2D eigenvalue weighted by molar-refractivity contribution is 0.388. The number of hydrogen-bond donors (Lipinski definition) is 1. The number of ether oxygens (including phenoxy) is 2. The van der Waals surface area contributed by atoms with Gasteiger partial charge >= 0.3 is 0 Å². The Labute approximate surface area is 110 Å². The maximum absolute atomic E-state index is 5.40. The number of nitrogens with zero attached hydrogens (tertiary/aromatic N) is 2. The summed E-state index contributed by atoms with van der Waals surface area (Å²) >= 11 is 1.33. The van der Waals surface area contributed by atoms with E-state index in [2.05, 4.69) is 14.9 Å². The maximum Gasteiger partial charge on any atom is 0.127 e. The summed E-state index contributed by atoms with van der Waals surface area (Å²) in [4.78, 5) is 0. The fraction of sp³-hybridized carbons (Fsp3) is 0.333. The van der Waals surface area contributed by atoms with E-state index in [1.807, 2.05) is 30.6 Å². The molecule has 0 amide bonds. The number of methoxy groups -OCH3 is 2. The molecule has 0 fully saturated rings. The average Bonchev–Trinajstić information content (AvgIpc) is 2.94. The summed E-state index contributed by atoms with van der Waals surface area (Å²) in [6, 6.07) is 5.70. The van der Waals surface area contributed by atoms with Crippen molar-refractivity contribution in [3.05, 3.63) is 34.8 Å². The zero-order valence-corrected chi connectivity index (χ0v) is 11.3. The van der Waals surface area contributed by atoms with E-state index >= 15 is 0 Å². The Morgan fingerprint density at radius 2 is 2.11 bits per heavy atom. The molecule has 0 aliphatic carbocycles. The number of benzene rings is 1. The number of aromatic nitrogens is 2. The minimum absolute atomic E-state index is 0.0374. The Morgan fingerprint density at radius 1 is 1.28 bits per heavy atom. The summed E-state index contributed by atoms with van der Waals surface area (Å²) in [6.45, 7) is 0. The summed E-state index contributed by atoms with van der Waals surface area (Å²) in [7, 11) is 5.16. The van der Waals surface area contributed by atoms with Crippen molar-refractivity contribution in [1.29, 1.82) is 0 Å². The van der Waals surface area contributed by atoms with Gasteiger partial charge in [0.1, 0.15) is 11.5 Å². The van der Waals surface area contributed by atoms with Gasteiger partial charge in [-0.15, -0.1) is 5.10 Å². The van der Waals surface area contributed by atoms with E-state index in [0.29, 0.717) is 0 Å². The Kier molecular flexibility index (Phi) is 4.11. The second-order valence-electron chi connectivity index (χ2n) is 3.66. The minimum Gasteiger partial charge on any atom is -0.497 e. The van der Waals surface area contributed by atoms with Crippen LogP contribution in [-0.2, 0) is 0 Å². The molecule has 2 aromatic rings. The lowest BCUT2D eigenvalue weighted by Gasteiger charge is -2.17. The molecule has 96 valence electrons. The van der Waals surface area contributed by atoms with Gasteiger partial charge in [0.25, 0.3) is 0 Å². The monoisotopic (exact) mass is 265 g/mol. The van der Waals surface area contributed by atoms with Gasteiger partial charge < -0.3 is 14.8 Å². The van der Waals surface area contributed by atoms with E-state index in [1.54, 1.807) is 14.2 Å². The number of rotatable bonds is 5. The first-order chi connectivity index (χ1) is 8.80. The van der Waals surface area contributed by atoms with Crippen molar-refractivity contribution in [2.75, 3.05) is 21.3 Å². The summed E-state index contributed by atoms with van der Waals surface area (Å²) in [5, 5.41) is 9.24. The van der Waals surface area contributed by atoms with Crippen LogP contribution in [0.5, 0.6) is 11.5 Å². The molecule has 0 spiro atoms. The largest absolute Gasteiger partial charge is 0.497 e. The molecular weight excluding hydrogens is 250 g/mol. The Morgan fingerprint density at radius 3 is 2.67 bits per heavy atom. The second kappa shape index (κ2) is 5.79. The predicted molar refractivity (Wildman–Crippen MR) is 70.4 cm³/mol. The molecule has 1 aromatic heterocycles. The van der Waals surface area contributed by atoms with E-state index < -0.39 is 0 Å². The zero-order valence-electron chi connectivity index (χ0n) is 10.5. The summed E-state index contributed by atoms with van der Waals surface area (Å²) in [5.41, 5.74) is 1.89. The van der Waals surface area contributed by atoms with E-state index in [-0.39, 0.29) is 6.04 Å². The highest BCUT2D eigenvalue weighted by Crippen LogP contribution is 2.32. The number of hydrogen-bond acceptors (Lipinski definition) is 6. The van der Waals surface area contributed by atoms with Crippen molar-refractivity contribution in [2.24, 2.45) is 0 Å². The van der Waals surface area contributed by atoms with Gasteiger partial charge in [0, 0.05) is 17.0 Å². The van der Waals surface area contributed by atoms with Gasteiger partial charge in [-0.3, -0.25) is 0 Å². The van der Waals surface area contributed by atoms with E-state index in [1.165, 1.54) is 11.5 Å². The fourth-order valence-electron chi connectivity index (χ4n) is 1.82. The molecule has 0 aliphatic rings. The van der Waals surface area contributed by atoms with E-state index in [4.69, 9.17) is 9.47 Å². The van der Waals surface area contributed by atoms with Crippen LogP contribution < -0.4 is 14.8 Å². The highest BCUT2D eigenvalue weighted by Gasteiger charge is 2.19. The van der Waals surface area contributed by atoms with Gasteiger partial charge in [-0.25, -0.2) is 0 Å². The van der Waals surface area contributed by atoms with Crippen molar-refractivity contribution in [1.82, 2.24) is 14.9 Å². The molecule has 0 radical (unpaired) electrons. The smallest absolute Gasteiger partial charge is 0.127 e. The van der Waals surface area contributed by atoms with Gasteiger partial charge in [-0.1, -0.05) is 4.49 Å². The zero-order chi connectivity index (χ0) is 13.0. The predicted octanol–water partition coefficient (Wildman–Crippen LogP) is 1.86. The molecule has 1 heterocycles. The first kappa shape index (κ1) is 12.8. The molecule has 1 unspecified atom stereocenters. The maximum atomic E-state index is 5.40. The molecule has 0 saturated carbocycles. The third kappa shape index (κ3) is 2.44. The van der Waals surface area contributed by atoms with Crippen molar-refractivity contribution in [3.8, 4) is 11.5 Å². The standard InChI is InChI=1S/C12H15N3O2S/c1-13-12(10-7-18-15-14-10)9-5-4-8(16-2)6-11(9)17-3/h4-7,12-13H,1-3H3. The molecule has 2 rings (SSSR count). The first-order valence-electron chi connectivity index (χ1n) is 5.46. The minimum atomic E-state index is -0.0374. The van der Waals surface area contributed by atoms with Crippen molar-refractivity contribution in [2.45, 2.75) is 6.04 Å². The van der Waals surface area contributed by atoms with Gasteiger partial charge in [-0.05, 0) is 30.7 Å². The second-order valence-corrected chi connectivity index (χ2v) is 4.27. The van der Waals surface area contributed by atoms with Gasteiger partial charge in [0.15, 0.2) is 0 Å².